The van der Waals surface area contributed by atoms with Crippen LogP contribution in [-0.2, 0) is 9.59 Å². The number of hydrogen-bond acceptors (Lipinski definition) is 3. The van der Waals surface area contributed by atoms with Crippen molar-refractivity contribution in [2.45, 2.75) is 6.17 Å². The molecule has 0 bridgehead atoms. The third-order valence-corrected chi connectivity index (χ3v) is 1.30. The molecule has 1 rings (SSSR count). The Bertz CT molecular complexity index is 251. The number of amidine groups is 1. The fourth-order valence-corrected chi connectivity index (χ4v) is 0.787. The standard InChI is InChI=1S/C6H8FN3O2/c1-8-2-3-9-5(11)4(7)6(12)10-3/h4,8H,2H2,1H3,(H,9,10,11,12). The first-order valence-electron chi connectivity index (χ1n) is 3.36. The minimum Gasteiger partial charge on any atom is -0.313 e. The first kappa shape index (κ1) is 8.79. The van der Waals surface area contributed by atoms with E-state index in [9.17, 15) is 14.0 Å². The molecule has 1 unspecified atom stereocenters. The Labute approximate surface area is 68.0 Å². The van der Waals surface area contributed by atoms with Gasteiger partial charge < -0.3 is 10.6 Å². The average Bonchev–Trinajstić information content (AvgIpc) is 2.01. The molecule has 1 aliphatic heterocycles. The zero-order chi connectivity index (χ0) is 9.14. The van der Waals surface area contributed by atoms with Crippen LogP contribution in [0.5, 0.6) is 0 Å². The molecule has 5 nitrogen and oxygen atoms in total. The molecule has 0 fully saturated rings. The van der Waals surface area contributed by atoms with Crippen molar-refractivity contribution in [2.24, 2.45) is 4.99 Å². The molecule has 2 N–H and O–H groups in total. The molecule has 1 aliphatic rings. The molecule has 12 heavy (non-hydrogen) atoms. The molecule has 0 saturated carbocycles. The summed E-state index contributed by atoms with van der Waals surface area (Å²) in [6.45, 7) is 0.240. The van der Waals surface area contributed by atoms with Crippen LogP contribution < -0.4 is 10.6 Å². The van der Waals surface area contributed by atoms with Gasteiger partial charge in [-0.1, -0.05) is 0 Å². The van der Waals surface area contributed by atoms with E-state index in [-0.39, 0.29) is 12.4 Å². The second-order valence-corrected chi connectivity index (χ2v) is 2.28. The zero-order valence-electron chi connectivity index (χ0n) is 6.43. The highest BCUT2D eigenvalue weighted by Gasteiger charge is 2.30. The van der Waals surface area contributed by atoms with Crippen molar-refractivity contribution >= 4 is 17.6 Å². The van der Waals surface area contributed by atoms with Gasteiger partial charge in [0.25, 0.3) is 18.0 Å². The lowest BCUT2D eigenvalue weighted by Gasteiger charge is -2.14. The van der Waals surface area contributed by atoms with Crippen LogP contribution in [0.3, 0.4) is 0 Å². The monoisotopic (exact) mass is 173 g/mol. The number of halogens is 1. The van der Waals surface area contributed by atoms with Gasteiger partial charge in [-0.2, -0.15) is 4.99 Å². The van der Waals surface area contributed by atoms with E-state index in [1.165, 1.54) is 0 Å². The number of nitrogens with zero attached hydrogens (tertiary/aromatic N) is 1. The van der Waals surface area contributed by atoms with Crippen LogP contribution in [0.25, 0.3) is 0 Å². The number of alkyl halides is 1. The summed E-state index contributed by atoms with van der Waals surface area (Å²) in [7, 11) is 1.63. The van der Waals surface area contributed by atoms with Gasteiger partial charge in [-0.05, 0) is 7.05 Å². The van der Waals surface area contributed by atoms with Gasteiger partial charge in [-0.25, -0.2) is 4.39 Å². The van der Waals surface area contributed by atoms with Gasteiger partial charge in [-0.3, -0.25) is 9.59 Å². The Balaban J connectivity index is 2.74. The van der Waals surface area contributed by atoms with Crippen molar-refractivity contribution in [1.82, 2.24) is 10.6 Å². The molecule has 2 amide bonds. The van der Waals surface area contributed by atoms with Crippen LogP contribution in [-0.4, -0.2) is 37.4 Å². The third-order valence-electron chi connectivity index (χ3n) is 1.30. The predicted octanol–water partition coefficient (Wildman–Crippen LogP) is -1.40. The molecule has 0 aromatic carbocycles. The second kappa shape index (κ2) is 3.40. The van der Waals surface area contributed by atoms with Gasteiger partial charge in [0, 0.05) is 0 Å². The quantitative estimate of drug-likeness (QED) is 0.504. The highest BCUT2D eigenvalue weighted by Crippen LogP contribution is 1.99. The first-order valence-corrected chi connectivity index (χ1v) is 3.36. The summed E-state index contributed by atoms with van der Waals surface area (Å²) < 4.78 is 12.5. The number of amides is 2. The molecule has 0 saturated heterocycles. The number of carbonyl (C=O) groups is 2. The SMILES string of the molecule is CNCC1=NC(=O)C(F)C(=O)N1. The Morgan fingerprint density at radius 1 is 1.67 bits per heavy atom. The molecular formula is C6H8FN3O2. The summed E-state index contributed by atoms with van der Waals surface area (Å²) in [6.07, 6.45) is -2.15. The Morgan fingerprint density at radius 2 is 2.33 bits per heavy atom. The Morgan fingerprint density at radius 3 is 2.83 bits per heavy atom. The smallest absolute Gasteiger partial charge is 0.291 e. The Kier molecular flexibility index (Phi) is 2.49. The summed E-state index contributed by atoms with van der Waals surface area (Å²) in [6, 6.07) is 0. The van der Waals surface area contributed by atoms with Gasteiger partial charge >= 0.3 is 0 Å². The molecule has 6 heteroatoms. The van der Waals surface area contributed by atoms with Crippen LogP contribution >= 0.6 is 0 Å². The van der Waals surface area contributed by atoms with Gasteiger partial charge in [0.15, 0.2) is 0 Å². The number of rotatable bonds is 2. The Hall–Kier alpha value is -1.30. The maximum Gasteiger partial charge on any atom is 0.291 e. The van der Waals surface area contributed by atoms with Crippen LogP contribution in [0.2, 0.25) is 0 Å². The van der Waals surface area contributed by atoms with Crippen LogP contribution in [0.1, 0.15) is 0 Å². The van der Waals surface area contributed by atoms with E-state index in [2.05, 4.69) is 15.6 Å². The highest BCUT2D eigenvalue weighted by atomic mass is 19.1. The van der Waals surface area contributed by atoms with E-state index in [4.69, 9.17) is 0 Å². The van der Waals surface area contributed by atoms with E-state index in [0.717, 1.165) is 0 Å². The van der Waals surface area contributed by atoms with Crippen molar-refractivity contribution in [3.05, 3.63) is 0 Å². The molecule has 1 atom stereocenters. The molecule has 66 valence electrons. The molecule has 0 spiro atoms. The summed E-state index contributed by atoms with van der Waals surface area (Å²) in [4.78, 5) is 24.6. The van der Waals surface area contributed by atoms with Gasteiger partial charge in [0.2, 0.25) is 0 Å². The minimum absolute atomic E-state index is 0.154. The van der Waals surface area contributed by atoms with Crippen molar-refractivity contribution in [2.75, 3.05) is 13.6 Å². The summed E-state index contributed by atoms with van der Waals surface area (Å²) in [5.41, 5.74) is 0. The second-order valence-electron chi connectivity index (χ2n) is 2.28. The van der Waals surface area contributed by atoms with Crippen LogP contribution in [0, 0.1) is 0 Å². The summed E-state index contributed by atoms with van der Waals surface area (Å²) in [5.74, 6) is -1.83. The lowest BCUT2D eigenvalue weighted by atomic mass is 10.3. The third kappa shape index (κ3) is 1.65. The van der Waals surface area contributed by atoms with Crippen molar-refractivity contribution in [3.63, 3.8) is 0 Å². The lowest BCUT2D eigenvalue weighted by molar-refractivity contribution is -0.134. The average molecular weight is 173 g/mol. The number of likely N-dealkylation sites (N-methyl/N-ethyl adjacent to an activating group) is 1. The molecule has 0 aliphatic carbocycles. The maximum absolute atomic E-state index is 12.5. The van der Waals surface area contributed by atoms with E-state index < -0.39 is 18.0 Å². The topological polar surface area (TPSA) is 70.6 Å². The van der Waals surface area contributed by atoms with Crippen molar-refractivity contribution in [3.8, 4) is 0 Å². The maximum atomic E-state index is 12.5. The largest absolute Gasteiger partial charge is 0.313 e. The number of hydrogen-bond donors (Lipinski definition) is 2. The summed E-state index contributed by atoms with van der Waals surface area (Å²) in [5, 5.41) is 4.82. The van der Waals surface area contributed by atoms with Crippen LogP contribution in [0.15, 0.2) is 4.99 Å². The minimum atomic E-state index is -2.15. The fourth-order valence-electron chi connectivity index (χ4n) is 0.787. The van der Waals surface area contributed by atoms with Crippen LogP contribution in [0.4, 0.5) is 4.39 Å². The fraction of sp³-hybridized carbons (Fsp3) is 0.500. The first-order chi connectivity index (χ1) is 5.65. The van der Waals surface area contributed by atoms with Crippen molar-refractivity contribution in [1.29, 1.82) is 0 Å². The zero-order valence-corrected chi connectivity index (χ0v) is 6.43. The summed E-state index contributed by atoms with van der Waals surface area (Å²) >= 11 is 0. The lowest BCUT2D eigenvalue weighted by Crippen LogP contribution is -2.48. The molecule has 0 aromatic heterocycles. The molecular weight excluding hydrogens is 165 g/mol. The predicted molar refractivity (Wildman–Crippen MR) is 39.4 cm³/mol. The van der Waals surface area contributed by atoms with Gasteiger partial charge in [0.1, 0.15) is 5.84 Å². The number of carbonyl (C=O) groups excluding carboxylic acids is 2. The van der Waals surface area contributed by atoms with E-state index in [0.29, 0.717) is 0 Å². The molecule has 0 radical (unpaired) electrons. The highest BCUT2D eigenvalue weighted by molar-refractivity contribution is 6.18. The van der Waals surface area contributed by atoms with Gasteiger partial charge in [0.05, 0.1) is 6.54 Å². The van der Waals surface area contributed by atoms with Gasteiger partial charge in [-0.15, -0.1) is 0 Å². The number of aliphatic imine (C=N–C) groups is 1. The molecule has 1 heterocycles. The van der Waals surface area contributed by atoms with E-state index >= 15 is 0 Å². The number of nitrogens with one attached hydrogen (secondary N) is 2. The van der Waals surface area contributed by atoms with E-state index in [1.807, 2.05) is 0 Å². The van der Waals surface area contributed by atoms with E-state index in [1.54, 1.807) is 7.05 Å². The normalized spacial score (nSPS) is 23.5. The molecule has 0 aromatic rings. The van der Waals surface area contributed by atoms with Crippen molar-refractivity contribution < 1.29 is 14.0 Å².